The quantitative estimate of drug-likeness (QED) is 0.517. The molecule has 2 fully saturated rings. The minimum atomic E-state index is -3.55. The Morgan fingerprint density at radius 1 is 1.06 bits per heavy atom. The third-order valence-corrected chi connectivity index (χ3v) is 9.00. The summed E-state index contributed by atoms with van der Waals surface area (Å²) in [5.41, 5.74) is 2.12. The van der Waals surface area contributed by atoms with E-state index in [4.69, 9.17) is 4.52 Å². The average Bonchev–Trinajstić information content (AvgIpc) is 3.59. The molecule has 190 valence electrons. The Morgan fingerprint density at radius 3 is 2.50 bits per heavy atom. The normalized spacial score (nSPS) is 17.9. The number of aryl methyl sites for hydroxylation is 1. The number of likely N-dealkylation sites (tertiary alicyclic amines) is 1. The zero-order valence-electron chi connectivity index (χ0n) is 20.4. The van der Waals surface area contributed by atoms with Gasteiger partial charge in [-0.15, -0.1) is 0 Å². The minimum Gasteiger partial charge on any atom is -0.338 e. The Labute approximate surface area is 211 Å². The minimum absolute atomic E-state index is 0.0767. The number of carbonyl (C=O) groups excluding carboxylic acids is 1. The summed E-state index contributed by atoms with van der Waals surface area (Å²) in [5.74, 6) is 0.920. The van der Waals surface area contributed by atoms with E-state index < -0.39 is 10.0 Å². The van der Waals surface area contributed by atoms with Gasteiger partial charge in [-0.05, 0) is 63.4 Å². The molecule has 3 heterocycles. The summed E-state index contributed by atoms with van der Waals surface area (Å²) in [6.07, 6.45) is 3.18. The molecule has 36 heavy (non-hydrogen) atoms. The van der Waals surface area contributed by atoms with Crippen LogP contribution in [0.15, 0.2) is 57.9 Å². The molecule has 2 saturated heterocycles. The molecule has 9 nitrogen and oxygen atoms in total. The van der Waals surface area contributed by atoms with Gasteiger partial charge in [0.2, 0.25) is 27.6 Å². The first-order valence-corrected chi connectivity index (χ1v) is 13.9. The zero-order chi connectivity index (χ0) is 25.1. The van der Waals surface area contributed by atoms with Gasteiger partial charge in [0.15, 0.2) is 0 Å². The topological polar surface area (TPSA) is 109 Å². The first kappa shape index (κ1) is 24.6. The van der Waals surface area contributed by atoms with E-state index in [1.54, 1.807) is 25.1 Å². The lowest BCUT2D eigenvalue weighted by Gasteiger charge is -2.30. The molecule has 0 bridgehead atoms. The number of piperidine rings is 1. The van der Waals surface area contributed by atoms with Gasteiger partial charge in [-0.2, -0.15) is 9.29 Å². The van der Waals surface area contributed by atoms with E-state index in [1.807, 2.05) is 30.3 Å². The number of hydrogen-bond acceptors (Lipinski definition) is 7. The fourth-order valence-electron chi connectivity index (χ4n) is 4.84. The van der Waals surface area contributed by atoms with Crippen LogP contribution in [0.25, 0.3) is 11.4 Å². The predicted molar refractivity (Wildman–Crippen MR) is 136 cm³/mol. The van der Waals surface area contributed by atoms with E-state index in [2.05, 4.69) is 20.4 Å². The molecule has 2 aromatic carbocycles. The van der Waals surface area contributed by atoms with Crippen molar-refractivity contribution in [3.63, 3.8) is 0 Å². The maximum atomic E-state index is 13.1. The van der Waals surface area contributed by atoms with Crippen molar-refractivity contribution in [2.45, 2.75) is 44.0 Å². The van der Waals surface area contributed by atoms with Gasteiger partial charge in [-0.3, -0.25) is 9.69 Å². The number of hydrogen-bond donors (Lipinski definition) is 1. The smallest absolute Gasteiger partial charge is 0.243 e. The van der Waals surface area contributed by atoms with Gasteiger partial charge < -0.3 is 9.84 Å². The standard InChI is InChI=1S/C26H31N5O4S/c1-19-9-10-22(17-23(19)36(33,34)31-13-5-6-14-31)27-26(32)21-11-15-30(16-12-21)18-24-28-25(29-35-24)20-7-3-2-4-8-20/h2-4,7-10,17,21H,5-6,11-16,18H2,1H3,(H,27,32). The van der Waals surface area contributed by atoms with E-state index >= 15 is 0 Å². The Morgan fingerprint density at radius 2 is 1.78 bits per heavy atom. The van der Waals surface area contributed by atoms with Gasteiger partial charge in [0.1, 0.15) is 0 Å². The van der Waals surface area contributed by atoms with Crippen LogP contribution in [-0.4, -0.2) is 59.8 Å². The number of amides is 1. The number of nitrogens with one attached hydrogen (secondary N) is 1. The van der Waals surface area contributed by atoms with E-state index in [0.29, 0.717) is 55.4 Å². The van der Waals surface area contributed by atoms with Crippen LogP contribution in [0.2, 0.25) is 0 Å². The van der Waals surface area contributed by atoms with Crippen molar-refractivity contribution in [3.05, 3.63) is 60.0 Å². The predicted octanol–water partition coefficient (Wildman–Crippen LogP) is 3.68. The van der Waals surface area contributed by atoms with E-state index in [-0.39, 0.29) is 16.7 Å². The lowest BCUT2D eigenvalue weighted by molar-refractivity contribution is -0.121. The Kier molecular flexibility index (Phi) is 7.17. The van der Waals surface area contributed by atoms with Crippen LogP contribution in [0.4, 0.5) is 5.69 Å². The first-order valence-electron chi connectivity index (χ1n) is 12.4. The van der Waals surface area contributed by atoms with Crippen molar-refractivity contribution in [2.75, 3.05) is 31.5 Å². The third kappa shape index (κ3) is 5.35. The van der Waals surface area contributed by atoms with Crippen LogP contribution in [-0.2, 0) is 21.4 Å². The average molecular weight is 510 g/mol. The molecule has 0 aliphatic carbocycles. The van der Waals surface area contributed by atoms with Crippen molar-refractivity contribution >= 4 is 21.6 Å². The summed E-state index contributed by atoms with van der Waals surface area (Å²) >= 11 is 0. The second-order valence-corrected chi connectivity index (χ2v) is 11.4. The molecule has 2 aliphatic heterocycles. The molecular formula is C26H31N5O4S. The van der Waals surface area contributed by atoms with Crippen LogP contribution in [0.1, 0.15) is 37.1 Å². The Hall–Kier alpha value is -3.08. The number of carbonyl (C=O) groups is 1. The highest BCUT2D eigenvalue weighted by Crippen LogP contribution is 2.27. The number of sulfonamides is 1. The van der Waals surface area contributed by atoms with Gasteiger partial charge in [-0.25, -0.2) is 8.42 Å². The number of nitrogens with zero attached hydrogens (tertiary/aromatic N) is 4. The first-order chi connectivity index (χ1) is 17.4. The number of rotatable bonds is 7. The monoisotopic (exact) mass is 509 g/mol. The number of aromatic nitrogens is 2. The summed E-state index contributed by atoms with van der Waals surface area (Å²) in [5, 5.41) is 7.02. The molecule has 0 unspecified atom stereocenters. The highest BCUT2D eigenvalue weighted by atomic mass is 32.2. The van der Waals surface area contributed by atoms with Gasteiger partial charge >= 0.3 is 0 Å². The van der Waals surface area contributed by atoms with Gasteiger partial charge in [0, 0.05) is 30.3 Å². The number of benzene rings is 2. The largest absolute Gasteiger partial charge is 0.338 e. The third-order valence-electron chi connectivity index (χ3n) is 6.96. The van der Waals surface area contributed by atoms with Crippen molar-refractivity contribution < 1.29 is 17.7 Å². The molecular weight excluding hydrogens is 478 g/mol. The van der Waals surface area contributed by atoms with Crippen molar-refractivity contribution in [1.29, 1.82) is 0 Å². The van der Waals surface area contributed by atoms with Gasteiger partial charge in [0.05, 0.1) is 11.4 Å². The molecule has 0 saturated carbocycles. The maximum Gasteiger partial charge on any atom is 0.243 e. The molecule has 1 amide bonds. The van der Waals surface area contributed by atoms with Crippen molar-refractivity contribution in [3.8, 4) is 11.4 Å². The molecule has 0 spiro atoms. The fraction of sp³-hybridized carbons (Fsp3) is 0.423. The molecule has 0 atom stereocenters. The van der Waals surface area contributed by atoms with Crippen LogP contribution >= 0.6 is 0 Å². The van der Waals surface area contributed by atoms with Crippen molar-refractivity contribution in [2.24, 2.45) is 5.92 Å². The second-order valence-electron chi connectivity index (χ2n) is 9.51. The van der Waals surface area contributed by atoms with Crippen LogP contribution in [0.5, 0.6) is 0 Å². The summed E-state index contributed by atoms with van der Waals surface area (Å²) in [6, 6.07) is 14.8. The molecule has 5 rings (SSSR count). The highest BCUT2D eigenvalue weighted by Gasteiger charge is 2.30. The molecule has 0 radical (unpaired) electrons. The maximum absolute atomic E-state index is 13.1. The molecule has 1 aromatic heterocycles. The molecule has 2 aliphatic rings. The summed E-state index contributed by atoms with van der Waals surface area (Å²) in [7, 11) is -3.55. The van der Waals surface area contributed by atoms with Crippen LogP contribution in [0, 0.1) is 12.8 Å². The van der Waals surface area contributed by atoms with Gasteiger partial charge in [0.25, 0.3) is 0 Å². The van der Waals surface area contributed by atoms with Gasteiger partial charge in [-0.1, -0.05) is 41.6 Å². The zero-order valence-corrected chi connectivity index (χ0v) is 21.2. The van der Waals surface area contributed by atoms with E-state index in [1.165, 1.54) is 4.31 Å². The molecule has 3 aromatic rings. The Balaban J connectivity index is 1.16. The van der Waals surface area contributed by atoms with Crippen LogP contribution in [0.3, 0.4) is 0 Å². The fourth-order valence-corrected chi connectivity index (χ4v) is 6.60. The summed E-state index contributed by atoms with van der Waals surface area (Å²) in [6.45, 7) is 4.91. The van der Waals surface area contributed by atoms with Crippen molar-refractivity contribution in [1.82, 2.24) is 19.3 Å². The van der Waals surface area contributed by atoms with Crippen LogP contribution < -0.4 is 5.32 Å². The molecule has 10 heteroatoms. The second kappa shape index (κ2) is 10.5. The summed E-state index contributed by atoms with van der Waals surface area (Å²) in [4.78, 5) is 19.9. The highest BCUT2D eigenvalue weighted by molar-refractivity contribution is 7.89. The lowest BCUT2D eigenvalue weighted by Crippen LogP contribution is -2.37. The molecule has 1 N–H and O–H groups in total. The Bertz CT molecular complexity index is 1310. The van der Waals surface area contributed by atoms with E-state index in [0.717, 1.165) is 31.5 Å². The lowest BCUT2D eigenvalue weighted by atomic mass is 9.96. The van der Waals surface area contributed by atoms with E-state index in [9.17, 15) is 13.2 Å². The summed E-state index contributed by atoms with van der Waals surface area (Å²) < 4.78 is 33.1. The number of anilines is 1. The SMILES string of the molecule is Cc1ccc(NC(=O)C2CCN(Cc3nc(-c4ccccc4)no3)CC2)cc1S(=O)(=O)N1CCCC1.